The maximum Gasteiger partial charge on any atom is 0.226 e. The summed E-state index contributed by atoms with van der Waals surface area (Å²) in [6.45, 7) is 6.27. The molecule has 1 amide bonds. The number of rotatable bonds is 7. The van der Waals surface area contributed by atoms with Gasteiger partial charge in [-0.1, -0.05) is 31.5 Å². The number of benzene rings is 2. The Balaban J connectivity index is 1.46. The largest absolute Gasteiger partial charge is 0.369 e. The minimum atomic E-state index is -0.137. The van der Waals surface area contributed by atoms with Crippen molar-refractivity contribution in [1.82, 2.24) is 10.2 Å². The monoisotopic (exact) mass is 428 g/mol. The molecule has 2 aromatic carbocycles. The fourth-order valence-electron chi connectivity index (χ4n) is 3.48. The van der Waals surface area contributed by atoms with Gasteiger partial charge in [-0.2, -0.15) is 0 Å². The summed E-state index contributed by atoms with van der Waals surface area (Å²) in [5, 5.41) is 6.09. The number of thiocarbonyl (C=S) groups is 1. The molecule has 1 heterocycles. The van der Waals surface area contributed by atoms with Crippen molar-refractivity contribution in [3.8, 4) is 0 Å². The van der Waals surface area contributed by atoms with Gasteiger partial charge in [0, 0.05) is 56.1 Å². The highest BCUT2D eigenvalue weighted by Gasteiger charge is 2.18. The van der Waals surface area contributed by atoms with Crippen LogP contribution < -0.4 is 15.5 Å². The molecule has 1 saturated heterocycles. The molecule has 0 spiro atoms. The molecule has 160 valence electrons. The topological polar surface area (TPSA) is 47.6 Å². The molecule has 0 radical (unpaired) electrons. The Morgan fingerprint density at radius 1 is 1.07 bits per heavy atom. The van der Waals surface area contributed by atoms with Crippen LogP contribution in [0.4, 0.5) is 15.8 Å². The quantitative estimate of drug-likeness (QED) is 0.649. The lowest BCUT2D eigenvalue weighted by atomic mass is 10.1. The lowest BCUT2D eigenvalue weighted by molar-refractivity contribution is -0.119. The van der Waals surface area contributed by atoms with Gasteiger partial charge in [0.25, 0.3) is 0 Å². The number of carbonyl (C=O) groups excluding carboxylic acids is 1. The van der Waals surface area contributed by atoms with Crippen LogP contribution in [0.2, 0.25) is 0 Å². The van der Waals surface area contributed by atoms with Crippen LogP contribution in [0.25, 0.3) is 0 Å². The number of nitrogens with zero attached hydrogens (tertiary/aromatic N) is 2. The van der Waals surface area contributed by atoms with Gasteiger partial charge in [0.05, 0.1) is 0 Å². The van der Waals surface area contributed by atoms with Crippen LogP contribution in [0.1, 0.15) is 31.7 Å². The van der Waals surface area contributed by atoms with Crippen molar-refractivity contribution < 1.29 is 9.18 Å². The SMILES string of the molecule is CCCCC(=O)NC(=S)Nc1ccc(N2CCN(Cc3ccccc3F)CC2)cc1. The van der Waals surface area contributed by atoms with E-state index < -0.39 is 0 Å². The Morgan fingerprint density at radius 2 is 1.77 bits per heavy atom. The van der Waals surface area contributed by atoms with Crippen LogP contribution in [0.15, 0.2) is 48.5 Å². The summed E-state index contributed by atoms with van der Waals surface area (Å²) in [6.07, 6.45) is 2.32. The van der Waals surface area contributed by atoms with Crippen LogP contribution in [-0.2, 0) is 11.3 Å². The highest BCUT2D eigenvalue weighted by atomic mass is 32.1. The Kier molecular flexibility index (Phi) is 8.16. The van der Waals surface area contributed by atoms with Crippen LogP contribution in [0.5, 0.6) is 0 Å². The molecular formula is C23H29FN4OS. The van der Waals surface area contributed by atoms with E-state index in [1.807, 2.05) is 31.2 Å². The zero-order valence-electron chi connectivity index (χ0n) is 17.4. The zero-order valence-corrected chi connectivity index (χ0v) is 18.2. The molecule has 2 aromatic rings. The maximum absolute atomic E-state index is 13.9. The van der Waals surface area contributed by atoms with Crippen molar-refractivity contribution in [3.05, 3.63) is 59.9 Å². The number of unbranched alkanes of at least 4 members (excludes halogenated alkanes) is 1. The molecule has 5 nitrogen and oxygen atoms in total. The summed E-state index contributed by atoms with van der Waals surface area (Å²) in [4.78, 5) is 16.4. The number of piperazine rings is 1. The van der Waals surface area contributed by atoms with Gasteiger partial charge in [0.2, 0.25) is 5.91 Å². The predicted molar refractivity (Wildman–Crippen MR) is 124 cm³/mol. The highest BCUT2D eigenvalue weighted by molar-refractivity contribution is 7.80. The molecule has 1 fully saturated rings. The van der Waals surface area contributed by atoms with Crippen molar-refractivity contribution in [3.63, 3.8) is 0 Å². The first-order valence-electron chi connectivity index (χ1n) is 10.5. The number of carbonyl (C=O) groups is 1. The van der Waals surface area contributed by atoms with E-state index in [0.717, 1.165) is 56.0 Å². The second-order valence-electron chi connectivity index (χ2n) is 7.51. The molecule has 1 aliphatic heterocycles. The molecule has 0 unspecified atom stereocenters. The van der Waals surface area contributed by atoms with Crippen molar-refractivity contribution in [2.45, 2.75) is 32.7 Å². The van der Waals surface area contributed by atoms with Crippen molar-refractivity contribution in [2.75, 3.05) is 36.4 Å². The van der Waals surface area contributed by atoms with E-state index in [0.29, 0.717) is 18.1 Å². The summed E-state index contributed by atoms with van der Waals surface area (Å²) in [5.41, 5.74) is 2.74. The van der Waals surface area contributed by atoms with Gasteiger partial charge in [0.1, 0.15) is 5.82 Å². The number of hydrogen-bond acceptors (Lipinski definition) is 4. The van der Waals surface area contributed by atoms with Gasteiger partial charge < -0.3 is 15.5 Å². The second-order valence-corrected chi connectivity index (χ2v) is 7.92. The number of hydrogen-bond donors (Lipinski definition) is 2. The number of halogens is 1. The van der Waals surface area contributed by atoms with E-state index in [-0.39, 0.29) is 11.7 Å². The standard InChI is InChI=1S/C23H29FN4OS/c1-2-3-8-22(29)26-23(30)25-19-9-11-20(12-10-19)28-15-13-27(14-16-28)17-18-6-4-5-7-21(18)24/h4-7,9-12H,2-3,8,13-17H2,1H3,(H2,25,26,29,30). The van der Waals surface area contributed by atoms with Crippen LogP contribution >= 0.6 is 12.2 Å². The fraction of sp³-hybridized carbons (Fsp3) is 0.391. The third kappa shape index (κ3) is 6.50. The molecule has 7 heteroatoms. The van der Waals surface area contributed by atoms with Crippen LogP contribution in [-0.4, -0.2) is 42.1 Å². The first kappa shape index (κ1) is 22.2. The van der Waals surface area contributed by atoms with Crippen molar-refractivity contribution in [2.24, 2.45) is 0 Å². The lowest BCUT2D eigenvalue weighted by Crippen LogP contribution is -2.46. The summed E-state index contributed by atoms with van der Waals surface area (Å²) in [7, 11) is 0. The van der Waals surface area contributed by atoms with E-state index in [4.69, 9.17) is 12.2 Å². The van der Waals surface area contributed by atoms with Gasteiger partial charge in [-0.15, -0.1) is 0 Å². The third-order valence-electron chi connectivity index (χ3n) is 5.22. The van der Waals surface area contributed by atoms with E-state index >= 15 is 0 Å². The Bertz CT molecular complexity index is 851. The molecular weight excluding hydrogens is 399 g/mol. The second kappa shape index (κ2) is 11.0. The van der Waals surface area contributed by atoms with Gasteiger partial charge in [-0.3, -0.25) is 9.69 Å². The molecule has 3 rings (SSSR count). The van der Waals surface area contributed by atoms with Crippen LogP contribution in [0.3, 0.4) is 0 Å². The average molecular weight is 429 g/mol. The molecule has 0 aromatic heterocycles. The molecule has 0 bridgehead atoms. The highest BCUT2D eigenvalue weighted by Crippen LogP contribution is 2.20. The number of anilines is 2. The Morgan fingerprint density at radius 3 is 2.43 bits per heavy atom. The number of nitrogens with one attached hydrogen (secondary N) is 2. The Labute approximate surface area is 183 Å². The number of amides is 1. The minimum absolute atomic E-state index is 0.0563. The fourth-order valence-corrected chi connectivity index (χ4v) is 3.71. The van der Waals surface area contributed by atoms with Crippen molar-refractivity contribution >= 4 is 34.6 Å². The molecule has 0 aliphatic carbocycles. The maximum atomic E-state index is 13.9. The molecule has 0 atom stereocenters. The normalized spacial score (nSPS) is 14.4. The molecule has 1 aliphatic rings. The lowest BCUT2D eigenvalue weighted by Gasteiger charge is -2.36. The van der Waals surface area contributed by atoms with E-state index in [1.165, 1.54) is 6.07 Å². The van der Waals surface area contributed by atoms with Gasteiger partial charge in [-0.05, 0) is 49.0 Å². The molecule has 2 N–H and O–H groups in total. The average Bonchev–Trinajstić information content (AvgIpc) is 2.75. The molecule has 0 saturated carbocycles. The zero-order chi connectivity index (χ0) is 21.3. The Hall–Kier alpha value is -2.51. The first-order valence-corrected chi connectivity index (χ1v) is 10.9. The van der Waals surface area contributed by atoms with Gasteiger partial charge in [0.15, 0.2) is 5.11 Å². The van der Waals surface area contributed by atoms with E-state index in [1.54, 1.807) is 6.07 Å². The summed E-state index contributed by atoms with van der Waals surface area (Å²) in [5.74, 6) is -0.193. The van der Waals surface area contributed by atoms with E-state index in [2.05, 4.69) is 32.6 Å². The summed E-state index contributed by atoms with van der Waals surface area (Å²) in [6, 6.07) is 15.0. The van der Waals surface area contributed by atoms with E-state index in [9.17, 15) is 9.18 Å². The third-order valence-corrected chi connectivity index (χ3v) is 5.43. The smallest absolute Gasteiger partial charge is 0.226 e. The van der Waals surface area contributed by atoms with Crippen LogP contribution in [0, 0.1) is 5.82 Å². The predicted octanol–water partition coefficient (Wildman–Crippen LogP) is 4.15. The molecule has 30 heavy (non-hydrogen) atoms. The van der Waals surface area contributed by atoms with Crippen molar-refractivity contribution in [1.29, 1.82) is 0 Å². The summed E-state index contributed by atoms with van der Waals surface area (Å²) >= 11 is 5.21. The minimum Gasteiger partial charge on any atom is -0.369 e. The van der Waals surface area contributed by atoms with Gasteiger partial charge >= 0.3 is 0 Å². The summed E-state index contributed by atoms with van der Waals surface area (Å²) < 4.78 is 13.9. The first-order chi connectivity index (χ1) is 14.5. The van der Waals surface area contributed by atoms with Gasteiger partial charge in [-0.25, -0.2) is 4.39 Å².